The molecule has 3 aliphatic rings. The number of ether oxygens (including phenoxy) is 2. The van der Waals surface area contributed by atoms with E-state index in [1.54, 1.807) is 0 Å². The largest absolute Gasteiger partial charge is 0.454 e. The van der Waals surface area contributed by atoms with E-state index in [0.717, 1.165) is 68.9 Å². The molecule has 1 saturated heterocycles. The van der Waals surface area contributed by atoms with Crippen LogP contribution in [-0.4, -0.2) is 54.7 Å². The van der Waals surface area contributed by atoms with Gasteiger partial charge in [0, 0.05) is 32.2 Å². The fourth-order valence-electron chi connectivity index (χ4n) is 4.72. The fraction of sp³-hybridized carbons (Fsp3) is 0.667. The van der Waals surface area contributed by atoms with Crippen LogP contribution in [0.25, 0.3) is 0 Å². The molecule has 1 amide bonds. The van der Waals surface area contributed by atoms with Crippen molar-refractivity contribution < 1.29 is 14.3 Å². The van der Waals surface area contributed by atoms with Crippen molar-refractivity contribution in [2.24, 2.45) is 0 Å². The van der Waals surface area contributed by atoms with E-state index in [2.05, 4.69) is 35.8 Å². The minimum Gasteiger partial charge on any atom is -0.454 e. The van der Waals surface area contributed by atoms with Gasteiger partial charge in [0.25, 0.3) is 0 Å². The summed E-state index contributed by atoms with van der Waals surface area (Å²) in [5, 5.41) is 0. The van der Waals surface area contributed by atoms with Gasteiger partial charge in [-0.1, -0.05) is 25.3 Å². The van der Waals surface area contributed by atoms with Crippen LogP contribution < -0.4 is 9.47 Å². The third kappa shape index (κ3) is 3.07. The number of carbonyl (C=O) groups is 1. The third-order valence-electron chi connectivity index (χ3n) is 6.37. The van der Waals surface area contributed by atoms with E-state index >= 15 is 0 Å². The van der Waals surface area contributed by atoms with Gasteiger partial charge in [-0.05, 0) is 44.4 Å². The Bertz CT molecular complexity index is 659. The summed E-state index contributed by atoms with van der Waals surface area (Å²) in [7, 11) is 0. The molecule has 2 aliphatic heterocycles. The van der Waals surface area contributed by atoms with E-state index < -0.39 is 0 Å². The second-order valence-electron chi connectivity index (χ2n) is 8.13. The molecule has 1 saturated carbocycles. The topological polar surface area (TPSA) is 42.0 Å². The molecule has 0 bridgehead atoms. The Morgan fingerprint density at radius 2 is 1.69 bits per heavy atom. The molecule has 1 aromatic rings. The summed E-state index contributed by atoms with van der Waals surface area (Å²) in [6.07, 6.45) is 5.34. The molecule has 0 N–H and O–H groups in total. The quantitative estimate of drug-likeness (QED) is 0.832. The number of benzene rings is 1. The van der Waals surface area contributed by atoms with Gasteiger partial charge in [0.2, 0.25) is 12.7 Å². The average Bonchev–Trinajstić information content (AvgIpc) is 3.16. The van der Waals surface area contributed by atoms with Gasteiger partial charge in [0.15, 0.2) is 11.5 Å². The number of fused-ring (bicyclic) bond motifs is 1. The van der Waals surface area contributed by atoms with Gasteiger partial charge in [0.05, 0.1) is 5.41 Å². The number of hydrogen-bond acceptors (Lipinski definition) is 4. The minimum atomic E-state index is -0.390. The number of amides is 1. The first-order valence-corrected chi connectivity index (χ1v) is 10.0. The number of nitrogens with zero attached hydrogens (tertiary/aromatic N) is 2. The first kappa shape index (κ1) is 17.7. The van der Waals surface area contributed by atoms with E-state index in [9.17, 15) is 4.79 Å². The van der Waals surface area contributed by atoms with Crippen LogP contribution in [0.2, 0.25) is 0 Å². The summed E-state index contributed by atoms with van der Waals surface area (Å²) < 4.78 is 11.0. The predicted molar refractivity (Wildman–Crippen MR) is 101 cm³/mol. The van der Waals surface area contributed by atoms with Gasteiger partial charge in [0.1, 0.15) is 0 Å². The Balaban J connectivity index is 1.59. The number of rotatable bonds is 3. The summed E-state index contributed by atoms with van der Waals surface area (Å²) in [5.41, 5.74) is 0.719. The molecule has 0 spiro atoms. The molecule has 4 rings (SSSR count). The summed E-state index contributed by atoms with van der Waals surface area (Å²) in [6.45, 7) is 8.35. The van der Waals surface area contributed by atoms with Crippen LogP contribution in [0.5, 0.6) is 11.5 Å². The SMILES string of the molecule is CC(C)N1CCN(C(=O)C2(c3ccc4c(c3)OCO4)CCCCC2)CC1. The van der Waals surface area contributed by atoms with Crippen molar-refractivity contribution in [3.8, 4) is 11.5 Å². The van der Waals surface area contributed by atoms with Crippen LogP contribution in [0.1, 0.15) is 51.5 Å². The van der Waals surface area contributed by atoms with Crippen LogP contribution >= 0.6 is 0 Å². The number of piperazine rings is 1. The highest BCUT2D eigenvalue weighted by molar-refractivity contribution is 5.89. The lowest BCUT2D eigenvalue weighted by Crippen LogP contribution is -2.56. The highest BCUT2D eigenvalue weighted by Crippen LogP contribution is 2.44. The Hall–Kier alpha value is -1.75. The lowest BCUT2D eigenvalue weighted by atomic mass is 9.68. The maximum absolute atomic E-state index is 13.7. The zero-order valence-electron chi connectivity index (χ0n) is 16.0. The van der Waals surface area contributed by atoms with Crippen LogP contribution in [0, 0.1) is 0 Å². The Labute approximate surface area is 156 Å². The van der Waals surface area contributed by atoms with Crippen molar-refractivity contribution in [1.82, 2.24) is 9.80 Å². The molecular weight excluding hydrogens is 328 g/mol. The molecule has 142 valence electrons. The molecule has 5 nitrogen and oxygen atoms in total. The fourth-order valence-corrected chi connectivity index (χ4v) is 4.72. The van der Waals surface area contributed by atoms with Crippen molar-refractivity contribution in [2.45, 2.75) is 57.4 Å². The Morgan fingerprint density at radius 1 is 1.00 bits per heavy atom. The van der Waals surface area contributed by atoms with Gasteiger partial charge in [-0.3, -0.25) is 9.69 Å². The lowest BCUT2D eigenvalue weighted by molar-refractivity contribution is -0.141. The molecule has 5 heteroatoms. The molecule has 0 aromatic heterocycles. The number of carbonyl (C=O) groups excluding carboxylic acids is 1. The molecule has 26 heavy (non-hydrogen) atoms. The Morgan fingerprint density at radius 3 is 2.38 bits per heavy atom. The third-order valence-corrected chi connectivity index (χ3v) is 6.37. The molecular formula is C21H30N2O3. The van der Waals surface area contributed by atoms with E-state index in [1.165, 1.54) is 6.42 Å². The zero-order chi connectivity index (χ0) is 18.1. The van der Waals surface area contributed by atoms with E-state index in [4.69, 9.17) is 9.47 Å². The summed E-state index contributed by atoms with van der Waals surface area (Å²) in [6, 6.07) is 6.65. The Kier molecular flexibility index (Phi) is 4.82. The van der Waals surface area contributed by atoms with Crippen LogP contribution in [-0.2, 0) is 10.2 Å². The smallest absolute Gasteiger partial charge is 0.233 e. The average molecular weight is 358 g/mol. The molecule has 0 atom stereocenters. The maximum atomic E-state index is 13.7. The van der Waals surface area contributed by atoms with Crippen molar-refractivity contribution in [2.75, 3.05) is 33.0 Å². The second-order valence-corrected chi connectivity index (χ2v) is 8.13. The van der Waals surface area contributed by atoms with Crippen molar-refractivity contribution in [3.63, 3.8) is 0 Å². The summed E-state index contributed by atoms with van der Waals surface area (Å²) in [4.78, 5) is 18.2. The molecule has 2 heterocycles. The van der Waals surface area contributed by atoms with Gasteiger partial charge in [-0.2, -0.15) is 0 Å². The standard InChI is InChI=1S/C21H30N2O3/c1-16(2)22-10-12-23(13-11-22)20(24)21(8-4-3-5-9-21)17-6-7-18-19(14-17)26-15-25-18/h6-7,14,16H,3-5,8-13,15H2,1-2H3. The van der Waals surface area contributed by atoms with Crippen LogP contribution in [0.3, 0.4) is 0 Å². The second kappa shape index (κ2) is 7.10. The molecule has 1 aromatic carbocycles. The molecule has 2 fully saturated rings. The predicted octanol–water partition coefficient (Wildman–Crippen LogP) is 3.17. The highest BCUT2D eigenvalue weighted by Gasteiger charge is 2.44. The maximum Gasteiger partial charge on any atom is 0.233 e. The van der Waals surface area contributed by atoms with Crippen molar-refractivity contribution >= 4 is 5.91 Å². The summed E-state index contributed by atoms with van der Waals surface area (Å²) >= 11 is 0. The van der Waals surface area contributed by atoms with Crippen molar-refractivity contribution in [1.29, 1.82) is 0 Å². The van der Waals surface area contributed by atoms with Gasteiger partial charge in [-0.15, -0.1) is 0 Å². The van der Waals surface area contributed by atoms with Gasteiger partial charge < -0.3 is 14.4 Å². The monoisotopic (exact) mass is 358 g/mol. The lowest BCUT2D eigenvalue weighted by Gasteiger charge is -2.44. The molecule has 0 radical (unpaired) electrons. The van der Waals surface area contributed by atoms with Gasteiger partial charge in [-0.25, -0.2) is 0 Å². The first-order chi connectivity index (χ1) is 12.6. The highest BCUT2D eigenvalue weighted by atomic mass is 16.7. The van der Waals surface area contributed by atoms with Crippen LogP contribution in [0.15, 0.2) is 18.2 Å². The number of hydrogen-bond donors (Lipinski definition) is 0. The zero-order valence-corrected chi connectivity index (χ0v) is 16.0. The van der Waals surface area contributed by atoms with E-state index in [0.29, 0.717) is 11.9 Å². The summed E-state index contributed by atoms with van der Waals surface area (Å²) in [5.74, 6) is 1.89. The van der Waals surface area contributed by atoms with E-state index in [1.807, 2.05) is 6.07 Å². The molecule has 0 unspecified atom stereocenters. The minimum absolute atomic E-state index is 0.275. The van der Waals surface area contributed by atoms with Crippen LogP contribution in [0.4, 0.5) is 0 Å². The van der Waals surface area contributed by atoms with E-state index in [-0.39, 0.29) is 12.2 Å². The first-order valence-electron chi connectivity index (χ1n) is 10.0. The van der Waals surface area contributed by atoms with Gasteiger partial charge >= 0.3 is 0 Å². The normalized spacial score (nSPS) is 22.7. The molecule has 1 aliphatic carbocycles. The van der Waals surface area contributed by atoms with Crippen molar-refractivity contribution in [3.05, 3.63) is 23.8 Å².